The second-order valence-electron chi connectivity index (χ2n) is 9.83. The Morgan fingerprint density at radius 2 is 1.97 bits per heavy atom. The molecule has 1 aliphatic heterocycles. The summed E-state index contributed by atoms with van der Waals surface area (Å²) in [5.41, 5.74) is 1.64. The molecule has 0 spiro atoms. The average molecular weight is 462 g/mol. The first-order valence-corrected chi connectivity index (χ1v) is 11.8. The topological polar surface area (TPSA) is 109 Å². The lowest BCUT2D eigenvalue weighted by molar-refractivity contribution is -0.144. The lowest BCUT2D eigenvalue weighted by atomic mass is 9.60. The molecular formula is C21H33ClFN3O5. The average Bonchev–Trinajstić information content (AvgIpc) is 3.17. The van der Waals surface area contributed by atoms with Crippen LogP contribution in [0.4, 0.5) is 4.39 Å². The molecule has 5 aliphatic rings. The molecule has 4 saturated carbocycles. The predicted molar refractivity (Wildman–Crippen MR) is 111 cm³/mol. The van der Waals surface area contributed by atoms with Crippen LogP contribution in [-0.2, 0) is 19.2 Å². The van der Waals surface area contributed by atoms with Crippen LogP contribution in [0.5, 0.6) is 0 Å². The van der Waals surface area contributed by atoms with E-state index in [2.05, 4.69) is 16.1 Å². The summed E-state index contributed by atoms with van der Waals surface area (Å²) in [6.45, 7) is 1.79. The molecule has 2 bridgehead atoms. The van der Waals surface area contributed by atoms with E-state index in [9.17, 15) is 19.1 Å². The molecule has 4 aliphatic carbocycles. The van der Waals surface area contributed by atoms with E-state index in [4.69, 9.17) is 21.2 Å². The highest BCUT2D eigenvalue weighted by molar-refractivity contribution is 6.21. The molecular weight excluding hydrogens is 429 g/mol. The highest BCUT2D eigenvalue weighted by Gasteiger charge is 2.55. The molecule has 0 aromatic heterocycles. The number of fused-ring (bicyclic) bond motifs is 3. The van der Waals surface area contributed by atoms with Crippen molar-refractivity contribution in [2.24, 2.45) is 0 Å². The van der Waals surface area contributed by atoms with Crippen LogP contribution < -0.4 is 16.1 Å². The standard InChI is InChI=1S/C21H33ClFN3O5/c1-12-8-16(31-26-12)19(29)25-20-4-6-21(7-5-20,17(27)10-20)24-18(28)11-30-13-2-3-14(22)15(23)9-13/h12-17,26-27H,2-11H2,1H3,(H,24,28)(H,25,29). The number of aliphatic hydroxyl groups is 1. The number of alkyl halides is 2. The Kier molecular flexibility index (Phi) is 6.80. The Hall–Kier alpha value is -1.00. The summed E-state index contributed by atoms with van der Waals surface area (Å²) in [7, 11) is 0. The summed E-state index contributed by atoms with van der Waals surface area (Å²) in [6.07, 6.45) is 2.16. The van der Waals surface area contributed by atoms with Crippen molar-refractivity contribution in [3.05, 3.63) is 0 Å². The van der Waals surface area contributed by atoms with E-state index < -0.39 is 34.8 Å². The molecule has 5 rings (SSSR count). The lowest BCUT2D eigenvalue weighted by Gasteiger charge is -2.56. The van der Waals surface area contributed by atoms with Crippen molar-refractivity contribution in [2.45, 2.75) is 112 Å². The highest BCUT2D eigenvalue weighted by Crippen LogP contribution is 2.47. The van der Waals surface area contributed by atoms with Gasteiger partial charge in [-0.05, 0) is 51.9 Å². The summed E-state index contributed by atoms with van der Waals surface area (Å²) in [5.74, 6) is -0.464. The molecule has 0 aromatic carbocycles. The first kappa shape index (κ1) is 23.2. The maximum Gasteiger partial charge on any atom is 0.251 e. The van der Waals surface area contributed by atoms with E-state index in [1.807, 2.05) is 6.92 Å². The van der Waals surface area contributed by atoms with Crippen molar-refractivity contribution in [2.75, 3.05) is 6.61 Å². The zero-order chi connectivity index (χ0) is 22.2. The fraction of sp³-hybridized carbons (Fsp3) is 0.905. The highest BCUT2D eigenvalue weighted by atomic mass is 35.5. The summed E-state index contributed by atoms with van der Waals surface area (Å²) < 4.78 is 19.4. The number of carbonyl (C=O) groups excluding carboxylic acids is 2. The first-order chi connectivity index (χ1) is 14.7. The Bertz CT molecular complexity index is 690. The Morgan fingerprint density at radius 3 is 2.58 bits per heavy atom. The molecule has 0 aromatic rings. The monoisotopic (exact) mass is 461 g/mol. The van der Waals surface area contributed by atoms with Gasteiger partial charge in [0.25, 0.3) is 5.91 Å². The second-order valence-corrected chi connectivity index (χ2v) is 10.4. The number of amides is 2. The number of hydrogen-bond donors (Lipinski definition) is 4. The fourth-order valence-electron chi connectivity index (χ4n) is 5.48. The number of halogens is 2. The van der Waals surface area contributed by atoms with Gasteiger partial charge in [0, 0.05) is 24.4 Å². The molecule has 31 heavy (non-hydrogen) atoms. The number of nitrogens with one attached hydrogen (secondary N) is 3. The molecule has 8 nitrogen and oxygen atoms in total. The zero-order valence-corrected chi connectivity index (χ0v) is 18.6. The quantitative estimate of drug-likeness (QED) is 0.443. The van der Waals surface area contributed by atoms with E-state index in [0.717, 1.165) is 0 Å². The van der Waals surface area contributed by atoms with Gasteiger partial charge >= 0.3 is 0 Å². The number of hydroxylamine groups is 1. The van der Waals surface area contributed by atoms with E-state index >= 15 is 0 Å². The molecule has 1 saturated heterocycles. The third-order valence-electron chi connectivity index (χ3n) is 7.46. The fourth-order valence-corrected chi connectivity index (χ4v) is 5.71. The van der Waals surface area contributed by atoms with Gasteiger partial charge in [-0.1, -0.05) is 0 Å². The van der Waals surface area contributed by atoms with Crippen molar-refractivity contribution >= 4 is 23.4 Å². The third kappa shape index (κ3) is 5.00. The van der Waals surface area contributed by atoms with Crippen LogP contribution in [0.1, 0.15) is 64.7 Å². The maximum absolute atomic E-state index is 13.8. The molecule has 10 heteroatoms. The normalized spacial score (nSPS) is 44.8. The van der Waals surface area contributed by atoms with Crippen LogP contribution in [0.2, 0.25) is 0 Å². The van der Waals surface area contributed by atoms with Crippen LogP contribution in [0.25, 0.3) is 0 Å². The van der Waals surface area contributed by atoms with Crippen molar-refractivity contribution in [3.8, 4) is 0 Å². The van der Waals surface area contributed by atoms with Gasteiger partial charge in [0.15, 0.2) is 6.10 Å². The first-order valence-electron chi connectivity index (χ1n) is 11.3. The largest absolute Gasteiger partial charge is 0.391 e. The van der Waals surface area contributed by atoms with Crippen LogP contribution >= 0.6 is 11.6 Å². The molecule has 5 fully saturated rings. The van der Waals surface area contributed by atoms with Gasteiger partial charge in [-0.15, -0.1) is 11.6 Å². The van der Waals surface area contributed by atoms with E-state index in [1.54, 1.807) is 0 Å². The van der Waals surface area contributed by atoms with Crippen LogP contribution in [0.3, 0.4) is 0 Å². The van der Waals surface area contributed by atoms with E-state index in [1.165, 1.54) is 0 Å². The number of hydrogen-bond acceptors (Lipinski definition) is 6. The molecule has 1 heterocycles. The van der Waals surface area contributed by atoms with Gasteiger partial charge in [0.2, 0.25) is 5.91 Å². The minimum atomic E-state index is -1.11. The lowest BCUT2D eigenvalue weighted by Crippen LogP contribution is -2.70. The van der Waals surface area contributed by atoms with Gasteiger partial charge in [-0.25, -0.2) is 4.39 Å². The Morgan fingerprint density at radius 1 is 1.23 bits per heavy atom. The smallest absolute Gasteiger partial charge is 0.251 e. The number of carbonyl (C=O) groups is 2. The van der Waals surface area contributed by atoms with Crippen LogP contribution in [-0.4, -0.2) is 70.5 Å². The van der Waals surface area contributed by atoms with Gasteiger partial charge in [-0.2, -0.15) is 5.48 Å². The molecule has 0 radical (unpaired) electrons. The second kappa shape index (κ2) is 9.09. The van der Waals surface area contributed by atoms with Crippen molar-refractivity contribution in [1.82, 2.24) is 16.1 Å². The van der Waals surface area contributed by atoms with Gasteiger partial charge in [0.05, 0.1) is 23.1 Å². The molecule has 4 N–H and O–H groups in total. The van der Waals surface area contributed by atoms with Crippen LogP contribution in [0, 0.1) is 0 Å². The summed E-state index contributed by atoms with van der Waals surface area (Å²) >= 11 is 5.89. The number of ether oxygens (including phenoxy) is 1. The van der Waals surface area contributed by atoms with Gasteiger partial charge < -0.3 is 20.5 Å². The summed E-state index contributed by atoms with van der Waals surface area (Å²) in [5, 5.41) is 16.5. The third-order valence-corrected chi connectivity index (χ3v) is 7.96. The minimum absolute atomic E-state index is 0.127. The predicted octanol–water partition coefficient (Wildman–Crippen LogP) is 1.23. The van der Waals surface area contributed by atoms with E-state index in [-0.39, 0.29) is 37.0 Å². The zero-order valence-electron chi connectivity index (χ0n) is 17.9. The molecule has 176 valence electrons. The number of aliphatic hydroxyl groups excluding tert-OH is 1. The Labute approximate surface area is 186 Å². The SMILES string of the molecule is CC1CC(C(=O)NC23CCC(NC(=O)COC4CCC(Cl)C(F)C4)(CC2)C(O)C3)ON1. The van der Waals surface area contributed by atoms with Gasteiger partial charge in [-0.3, -0.25) is 14.4 Å². The van der Waals surface area contributed by atoms with Crippen molar-refractivity contribution in [3.63, 3.8) is 0 Å². The van der Waals surface area contributed by atoms with Crippen molar-refractivity contribution < 1.29 is 28.7 Å². The minimum Gasteiger partial charge on any atom is -0.391 e. The van der Waals surface area contributed by atoms with Crippen molar-refractivity contribution in [1.29, 1.82) is 0 Å². The van der Waals surface area contributed by atoms with Crippen LogP contribution in [0.15, 0.2) is 0 Å². The van der Waals surface area contributed by atoms with Gasteiger partial charge in [0.1, 0.15) is 12.8 Å². The molecule has 6 unspecified atom stereocenters. The maximum atomic E-state index is 13.8. The molecule has 6 atom stereocenters. The summed E-state index contributed by atoms with van der Waals surface area (Å²) in [6, 6.07) is 0.127. The summed E-state index contributed by atoms with van der Waals surface area (Å²) in [4.78, 5) is 30.5. The van der Waals surface area contributed by atoms with E-state index in [0.29, 0.717) is 51.4 Å². The Balaban J connectivity index is 1.26. The number of rotatable bonds is 6. The molecule has 2 amide bonds.